The van der Waals surface area contributed by atoms with Gasteiger partial charge in [0.25, 0.3) is 0 Å². The number of furan rings is 1. The van der Waals surface area contributed by atoms with Crippen LogP contribution in [0, 0.1) is 5.92 Å². The van der Waals surface area contributed by atoms with Crippen molar-refractivity contribution in [3.05, 3.63) is 35.0 Å². The zero-order valence-corrected chi connectivity index (χ0v) is 11.1. The van der Waals surface area contributed by atoms with Crippen LogP contribution in [-0.2, 0) is 5.60 Å². The molecule has 0 aliphatic heterocycles. The summed E-state index contributed by atoms with van der Waals surface area (Å²) in [5.74, 6) is 0.975. The molecule has 2 nitrogen and oxygen atoms in total. The maximum absolute atomic E-state index is 10.4. The Morgan fingerprint density at radius 3 is 2.71 bits per heavy atom. The predicted molar refractivity (Wildman–Crippen MR) is 70.2 cm³/mol. The van der Waals surface area contributed by atoms with E-state index in [1.165, 1.54) is 0 Å². The molecule has 0 fully saturated rings. The van der Waals surface area contributed by atoms with E-state index in [0.717, 1.165) is 5.39 Å². The van der Waals surface area contributed by atoms with Crippen molar-refractivity contribution in [2.75, 3.05) is 0 Å². The second-order valence-corrected chi connectivity index (χ2v) is 5.55. The minimum absolute atomic E-state index is 0.397. The Balaban J connectivity index is 2.46. The Morgan fingerprint density at radius 1 is 1.41 bits per heavy atom. The van der Waals surface area contributed by atoms with Gasteiger partial charge in [-0.3, -0.25) is 0 Å². The van der Waals surface area contributed by atoms with Gasteiger partial charge in [0, 0.05) is 5.39 Å². The van der Waals surface area contributed by atoms with Crippen molar-refractivity contribution in [3.8, 4) is 0 Å². The van der Waals surface area contributed by atoms with E-state index < -0.39 is 5.60 Å². The fraction of sp³-hybridized carbons (Fsp3) is 0.429. The van der Waals surface area contributed by atoms with Crippen LogP contribution in [0.5, 0.6) is 0 Å². The molecular formula is C14H17ClO2. The van der Waals surface area contributed by atoms with Crippen molar-refractivity contribution < 1.29 is 9.52 Å². The van der Waals surface area contributed by atoms with Crippen LogP contribution >= 0.6 is 11.6 Å². The van der Waals surface area contributed by atoms with Gasteiger partial charge in [-0.2, -0.15) is 0 Å². The molecule has 0 amide bonds. The largest absolute Gasteiger partial charge is 0.456 e. The average Bonchev–Trinajstić information content (AvgIpc) is 2.61. The Bertz CT molecular complexity index is 526. The molecule has 0 aliphatic carbocycles. The summed E-state index contributed by atoms with van der Waals surface area (Å²) < 4.78 is 5.68. The van der Waals surface area contributed by atoms with E-state index in [1.54, 1.807) is 13.0 Å². The first kappa shape index (κ1) is 12.5. The molecule has 0 radical (unpaired) electrons. The van der Waals surface area contributed by atoms with E-state index in [1.807, 2.05) is 18.2 Å². The lowest BCUT2D eigenvalue weighted by Crippen LogP contribution is -2.22. The van der Waals surface area contributed by atoms with Crippen molar-refractivity contribution >= 4 is 22.6 Å². The molecule has 0 saturated heterocycles. The minimum Gasteiger partial charge on any atom is -0.456 e. The summed E-state index contributed by atoms with van der Waals surface area (Å²) in [6.45, 7) is 5.92. The van der Waals surface area contributed by atoms with Crippen LogP contribution in [0.25, 0.3) is 11.0 Å². The summed E-state index contributed by atoms with van der Waals surface area (Å²) in [4.78, 5) is 0. The van der Waals surface area contributed by atoms with Crippen molar-refractivity contribution in [2.45, 2.75) is 32.8 Å². The van der Waals surface area contributed by atoms with Crippen molar-refractivity contribution in [2.24, 2.45) is 5.92 Å². The Hall–Kier alpha value is -0.990. The van der Waals surface area contributed by atoms with Crippen LogP contribution < -0.4 is 0 Å². The number of hydrogen-bond acceptors (Lipinski definition) is 2. The highest BCUT2D eigenvalue weighted by atomic mass is 35.5. The fourth-order valence-electron chi connectivity index (χ4n) is 2.19. The molecule has 3 heteroatoms. The van der Waals surface area contributed by atoms with Crippen molar-refractivity contribution in [1.29, 1.82) is 0 Å². The third kappa shape index (κ3) is 2.48. The standard InChI is InChI=1S/C14H17ClO2/c1-9(2)8-14(3,16)12-7-10-5-4-6-11(15)13(10)17-12/h4-7,9,16H,8H2,1-3H3. The molecule has 17 heavy (non-hydrogen) atoms. The molecule has 1 unspecified atom stereocenters. The number of para-hydroxylation sites is 1. The average molecular weight is 253 g/mol. The van der Waals surface area contributed by atoms with E-state index in [0.29, 0.717) is 28.7 Å². The Labute approximate surface area is 106 Å². The van der Waals surface area contributed by atoms with Crippen molar-refractivity contribution in [3.63, 3.8) is 0 Å². The third-order valence-electron chi connectivity index (χ3n) is 2.83. The van der Waals surface area contributed by atoms with Gasteiger partial charge in [-0.25, -0.2) is 0 Å². The number of aliphatic hydroxyl groups is 1. The first-order valence-electron chi connectivity index (χ1n) is 5.81. The molecule has 1 atom stereocenters. The normalized spacial score (nSPS) is 15.4. The van der Waals surface area contributed by atoms with Gasteiger partial charge in [0.1, 0.15) is 11.4 Å². The van der Waals surface area contributed by atoms with Crippen LogP contribution in [0.2, 0.25) is 5.02 Å². The van der Waals surface area contributed by atoms with Gasteiger partial charge in [0.05, 0.1) is 5.02 Å². The van der Waals surface area contributed by atoms with E-state index in [4.69, 9.17) is 16.0 Å². The Kier molecular flexibility index (Phi) is 3.19. The molecule has 0 aliphatic rings. The van der Waals surface area contributed by atoms with Crippen LogP contribution in [0.4, 0.5) is 0 Å². The molecule has 92 valence electrons. The lowest BCUT2D eigenvalue weighted by molar-refractivity contribution is 0.0150. The second-order valence-electron chi connectivity index (χ2n) is 5.14. The summed E-state index contributed by atoms with van der Waals surface area (Å²) in [6, 6.07) is 7.46. The fourth-order valence-corrected chi connectivity index (χ4v) is 2.41. The summed E-state index contributed by atoms with van der Waals surface area (Å²) in [6.07, 6.45) is 0.657. The zero-order valence-electron chi connectivity index (χ0n) is 10.3. The third-order valence-corrected chi connectivity index (χ3v) is 3.13. The molecule has 1 aromatic carbocycles. The predicted octanol–water partition coefficient (Wildman–Crippen LogP) is 4.34. The van der Waals surface area contributed by atoms with Gasteiger partial charge >= 0.3 is 0 Å². The molecular weight excluding hydrogens is 236 g/mol. The minimum atomic E-state index is -0.948. The second kappa shape index (κ2) is 4.35. The number of fused-ring (bicyclic) bond motifs is 1. The highest BCUT2D eigenvalue weighted by Crippen LogP contribution is 2.34. The first-order valence-corrected chi connectivity index (χ1v) is 6.19. The first-order chi connectivity index (χ1) is 7.90. The molecule has 2 aromatic rings. The number of halogens is 1. The quantitative estimate of drug-likeness (QED) is 0.882. The zero-order chi connectivity index (χ0) is 12.6. The summed E-state index contributed by atoms with van der Waals surface area (Å²) in [7, 11) is 0. The molecule has 0 bridgehead atoms. The molecule has 1 heterocycles. The number of benzene rings is 1. The lowest BCUT2D eigenvalue weighted by Gasteiger charge is -2.22. The van der Waals surface area contributed by atoms with Gasteiger partial charge in [-0.05, 0) is 31.4 Å². The van der Waals surface area contributed by atoms with Gasteiger partial charge < -0.3 is 9.52 Å². The van der Waals surface area contributed by atoms with Crippen LogP contribution in [0.1, 0.15) is 33.0 Å². The smallest absolute Gasteiger partial charge is 0.153 e. The van der Waals surface area contributed by atoms with Gasteiger partial charge in [-0.15, -0.1) is 0 Å². The molecule has 0 saturated carbocycles. The molecule has 2 rings (SSSR count). The van der Waals surface area contributed by atoms with Crippen LogP contribution in [-0.4, -0.2) is 5.11 Å². The maximum atomic E-state index is 10.4. The van der Waals surface area contributed by atoms with Gasteiger partial charge in [0.15, 0.2) is 5.58 Å². The van der Waals surface area contributed by atoms with Gasteiger partial charge in [0.2, 0.25) is 0 Å². The monoisotopic (exact) mass is 252 g/mol. The van der Waals surface area contributed by atoms with Crippen LogP contribution in [0.3, 0.4) is 0 Å². The Morgan fingerprint density at radius 2 is 2.12 bits per heavy atom. The van der Waals surface area contributed by atoms with E-state index in [-0.39, 0.29) is 0 Å². The summed E-state index contributed by atoms with van der Waals surface area (Å²) in [5.41, 5.74) is -0.301. The summed E-state index contributed by atoms with van der Waals surface area (Å²) in [5, 5.41) is 11.9. The SMILES string of the molecule is CC(C)CC(C)(O)c1cc2cccc(Cl)c2o1. The number of hydrogen-bond donors (Lipinski definition) is 1. The maximum Gasteiger partial charge on any atom is 0.153 e. The van der Waals surface area contributed by atoms with Crippen LogP contribution in [0.15, 0.2) is 28.7 Å². The van der Waals surface area contributed by atoms with E-state index >= 15 is 0 Å². The highest BCUT2D eigenvalue weighted by Gasteiger charge is 2.28. The number of rotatable bonds is 3. The lowest BCUT2D eigenvalue weighted by atomic mass is 9.92. The topological polar surface area (TPSA) is 33.4 Å². The van der Waals surface area contributed by atoms with E-state index in [2.05, 4.69) is 13.8 Å². The molecule has 1 N–H and O–H groups in total. The highest BCUT2D eigenvalue weighted by molar-refractivity contribution is 6.34. The molecule has 0 spiro atoms. The molecule has 1 aromatic heterocycles. The summed E-state index contributed by atoms with van der Waals surface area (Å²) >= 11 is 6.05. The van der Waals surface area contributed by atoms with Gasteiger partial charge in [-0.1, -0.05) is 37.6 Å². The van der Waals surface area contributed by atoms with E-state index in [9.17, 15) is 5.11 Å². The van der Waals surface area contributed by atoms with Crippen molar-refractivity contribution in [1.82, 2.24) is 0 Å².